The van der Waals surface area contributed by atoms with Crippen molar-refractivity contribution in [3.8, 4) is 0 Å². The fourth-order valence-electron chi connectivity index (χ4n) is 2.13. The summed E-state index contributed by atoms with van der Waals surface area (Å²) in [6, 6.07) is 10.9. The summed E-state index contributed by atoms with van der Waals surface area (Å²) in [6.45, 7) is 0.240. The van der Waals surface area contributed by atoms with Crippen molar-refractivity contribution < 1.29 is 18.0 Å². The van der Waals surface area contributed by atoms with Crippen molar-refractivity contribution in [3.05, 3.63) is 64.2 Å². The number of rotatable bonds is 5. The Bertz CT molecular complexity index is 909. The van der Waals surface area contributed by atoms with Crippen LogP contribution >= 0.6 is 11.6 Å². The predicted octanol–water partition coefficient (Wildman–Crippen LogP) is 2.03. The van der Waals surface area contributed by atoms with Crippen LogP contribution in [0.15, 0.2) is 47.4 Å². The smallest absolute Gasteiger partial charge is 0.251 e. The van der Waals surface area contributed by atoms with E-state index in [1.165, 1.54) is 18.2 Å². The number of benzene rings is 2. The maximum atomic E-state index is 12.2. The average Bonchev–Trinajstić information content (AvgIpc) is 2.58. The van der Waals surface area contributed by atoms with Gasteiger partial charge in [0, 0.05) is 31.0 Å². The van der Waals surface area contributed by atoms with Crippen LogP contribution in [0, 0.1) is 0 Å². The van der Waals surface area contributed by atoms with E-state index in [2.05, 4.69) is 10.6 Å². The van der Waals surface area contributed by atoms with Gasteiger partial charge in [-0.1, -0.05) is 23.7 Å². The Morgan fingerprint density at radius 3 is 2.16 bits per heavy atom. The molecule has 2 rings (SSSR count). The minimum atomic E-state index is -3.52. The molecule has 0 atom stereocenters. The van der Waals surface area contributed by atoms with Gasteiger partial charge in [-0.05, 0) is 35.9 Å². The van der Waals surface area contributed by atoms with Crippen molar-refractivity contribution in [2.24, 2.45) is 0 Å². The number of sulfone groups is 1. The second-order valence-electron chi connectivity index (χ2n) is 5.38. The van der Waals surface area contributed by atoms with Crippen LogP contribution in [0.25, 0.3) is 0 Å². The number of amides is 2. The molecule has 0 aromatic heterocycles. The van der Waals surface area contributed by atoms with Gasteiger partial charge in [-0.25, -0.2) is 8.42 Å². The summed E-state index contributed by atoms with van der Waals surface area (Å²) in [7, 11) is -1.97. The molecule has 25 heavy (non-hydrogen) atoms. The van der Waals surface area contributed by atoms with Crippen molar-refractivity contribution in [3.63, 3.8) is 0 Å². The molecule has 2 amide bonds. The van der Waals surface area contributed by atoms with Gasteiger partial charge >= 0.3 is 0 Å². The van der Waals surface area contributed by atoms with Gasteiger partial charge < -0.3 is 10.6 Å². The number of nitrogens with one attached hydrogen (secondary N) is 2. The Morgan fingerprint density at radius 1 is 1.00 bits per heavy atom. The van der Waals surface area contributed by atoms with Crippen LogP contribution in [0.3, 0.4) is 0 Å². The molecule has 0 saturated heterocycles. The van der Waals surface area contributed by atoms with E-state index in [-0.39, 0.29) is 27.9 Å². The van der Waals surface area contributed by atoms with Gasteiger partial charge in [0.15, 0.2) is 9.84 Å². The summed E-state index contributed by atoms with van der Waals surface area (Å²) >= 11 is 5.87. The van der Waals surface area contributed by atoms with Crippen LogP contribution < -0.4 is 10.6 Å². The Hall–Kier alpha value is -2.38. The summed E-state index contributed by atoms with van der Waals surface area (Å²) in [5.41, 5.74) is 1.53. The highest BCUT2D eigenvalue weighted by Gasteiger charge is 2.15. The van der Waals surface area contributed by atoms with Crippen molar-refractivity contribution in [1.29, 1.82) is 0 Å². The molecular formula is C17H17ClN2O4S. The lowest BCUT2D eigenvalue weighted by atomic mass is 10.1. The van der Waals surface area contributed by atoms with Crippen LogP contribution in [-0.4, -0.2) is 33.5 Å². The Balaban J connectivity index is 2.09. The highest BCUT2D eigenvalue weighted by atomic mass is 35.5. The molecule has 0 fully saturated rings. The van der Waals surface area contributed by atoms with Gasteiger partial charge in [0.05, 0.1) is 9.92 Å². The Morgan fingerprint density at radius 2 is 1.60 bits per heavy atom. The third-order valence-corrected chi connectivity index (χ3v) is 5.07. The highest BCUT2D eigenvalue weighted by molar-refractivity contribution is 7.90. The molecule has 0 aliphatic carbocycles. The first-order chi connectivity index (χ1) is 11.7. The lowest BCUT2D eigenvalue weighted by molar-refractivity contribution is 0.0946. The van der Waals surface area contributed by atoms with Crippen molar-refractivity contribution in [2.45, 2.75) is 11.4 Å². The molecule has 0 saturated carbocycles. The average molecular weight is 381 g/mol. The molecule has 6 nitrogen and oxygen atoms in total. The molecule has 0 aliphatic rings. The first-order valence-corrected chi connectivity index (χ1v) is 9.58. The fraction of sp³-hybridized carbons (Fsp3) is 0.176. The van der Waals surface area contributed by atoms with Gasteiger partial charge in [0.25, 0.3) is 11.8 Å². The molecule has 0 unspecified atom stereocenters. The third kappa shape index (κ3) is 4.80. The standard InChI is InChI=1S/C17H17ClN2O4S/c1-19-16(21)12-5-3-11(4-6-12)10-20-17(22)13-7-8-14(18)15(9-13)25(2,23)24/h3-9H,10H2,1-2H3,(H,19,21)(H,20,22). The summed E-state index contributed by atoms with van der Waals surface area (Å²) in [6.07, 6.45) is 1.03. The first-order valence-electron chi connectivity index (χ1n) is 7.31. The minimum Gasteiger partial charge on any atom is -0.355 e. The summed E-state index contributed by atoms with van der Waals surface area (Å²) < 4.78 is 23.3. The Labute approximate surface area is 151 Å². The van der Waals surface area contributed by atoms with E-state index in [9.17, 15) is 18.0 Å². The van der Waals surface area contributed by atoms with Gasteiger partial charge in [-0.3, -0.25) is 9.59 Å². The van der Waals surface area contributed by atoms with Gasteiger partial charge in [0.2, 0.25) is 0 Å². The zero-order valence-corrected chi connectivity index (χ0v) is 15.2. The maximum Gasteiger partial charge on any atom is 0.251 e. The lowest BCUT2D eigenvalue weighted by Crippen LogP contribution is -2.23. The lowest BCUT2D eigenvalue weighted by Gasteiger charge is -2.08. The number of hydrogen-bond acceptors (Lipinski definition) is 4. The Kier molecular flexibility index (Phi) is 5.81. The van der Waals surface area contributed by atoms with Crippen LogP contribution in [0.5, 0.6) is 0 Å². The zero-order chi connectivity index (χ0) is 18.6. The van der Waals surface area contributed by atoms with E-state index in [4.69, 9.17) is 11.6 Å². The van der Waals surface area contributed by atoms with Gasteiger partial charge in [-0.2, -0.15) is 0 Å². The molecular weight excluding hydrogens is 364 g/mol. The SMILES string of the molecule is CNC(=O)c1ccc(CNC(=O)c2ccc(Cl)c(S(C)(=O)=O)c2)cc1. The highest BCUT2D eigenvalue weighted by Crippen LogP contribution is 2.22. The second kappa shape index (κ2) is 7.67. The largest absolute Gasteiger partial charge is 0.355 e. The molecule has 2 N–H and O–H groups in total. The predicted molar refractivity (Wildman–Crippen MR) is 95.6 cm³/mol. The summed E-state index contributed by atoms with van der Waals surface area (Å²) in [5.74, 6) is -0.609. The molecule has 0 radical (unpaired) electrons. The van der Waals surface area contributed by atoms with Crippen molar-refractivity contribution in [2.75, 3.05) is 13.3 Å². The van der Waals surface area contributed by atoms with Crippen LogP contribution in [-0.2, 0) is 16.4 Å². The number of carbonyl (C=O) groups is 2. The summed E-state index contributed by atoms with van der Waals surface area (Å²) in [4.78, 5) is 23.6. The molecule has 2 aromatic rings. The van der Waals surface area contributed by atoms with Crippen LogP contribution in [0.4, 0.5) is 0 Å². The van der Waals surface area contributed by atoms with E-state index in [0.29, 0.717) is 5.56 Å². The number of carbonyl (C=O) groups excluding carboxylic acids is 2. The molecule has 0 spiro atoms. The normalized spacial score (nSPS) is 11.0. The molecule has 2 aromatic carbocycles. The van der Waals surface area contributed by atoms with Gasteiger partial charge in [-0.15, -0.1) is 0 Å². The molecule has 8 heteroatoms. The molecule has 0 bridgehead atoms. The van der Waals surface area contributed by atoms with E-state index in [1.54, 1.807) is 31.3 Å². The van der Waals surface area contributed by atoms with Crippen molar-refractivity contribution >= 4 is 33.3 Å². The van der Waals surface area contributed by atoms with E-state index in [1.807, 2.05) is 0 Å². The van der Waals surface area contributed by atoms with E-state index >= 15 is 0 Å². The number of halogens is 1. The zero-order valence-electron chi connectivity index (χ0n) is 13.7. The van der Waals surface area contributed by atoms with Crippen molar-refractivity contribution in [1.82, 2.24) is 10.6 Å². The molecule has 0 aliphatic heterocycles. The molecule has 132 valence electrons. The monoisotopic (exact) mass is 380 g/mol. The topological polar surface area (TPSA) is 92.3 Å². The van der Waals surface area contributed by atoms with E-state index < -0.39 is 15.7 Å². The van der Waals surface area contributed by atoms with E-state index in [0.717, 1.165) is 11.8 Å². The molecule has 0 heterocycles. The van der Waals surface area contributed by atoms with Crippen LogP contribution in [0.1, 0.15) is 26.3 Å². The number of hydrogen-bond donors (Lipinski definition) is 2. The first kappa shape index (κ1) is 19.0. The van der Waals surface area contributed by atoms with Crippen LogP contribution in [0.2, 0.25) is 5.02 Å². The summed E-state index contributed by atoms with van der Waals surface area (Å²) in [5, 5.41) is 5.30. The quantitative estimate of drug-likeness (QED) is 0.830. The third-order valence-electron chi connectivity index (χ3n) is 3.49. The fourth-order valence-corrected chi connectivity index (χ4v) is 3.43. The van der Waals surface area contributed by atoms with Gasteiger partial charge in [0.1, 0.15) is 0 Å². The maximum absolute atomic E-state index is 12.2. The second-order valence-corrected chi connectivity index (χ2v) is 7.77. The minimum absolute atomic E-state index is 0.0730.